The Hall–Kier alpha value is -0.490. The van der Waals surface area contributed by atoms with Crippen LogP contribution in [-0.2, 0) is 6.42 Å². The maximum absolute atomic E-state index is 13.5. The lowest BCUT2D eigenvalue weighted by atomic mass is 9.96. The van der Waals surface area contributed by atoms with Gasteiger partial charge < -0.3 is 10.2 Å². The monoisotopic (exact) mass is 357 g/mol. The Kier molecular flexibility index (Phi) is 6.17. The second kappa shape index (κ2) is 7.68. The molecule has 5 heteroatoms. The molecule has 118 valence electrons. The molecule has 0 bridgehead atoms. The van der Waals surface area contributed by atoms with Crippen LogP contribution >= 0.6 is 15.9 Å². The SMILES string of the molecule is CCNC(Cc1cc(F)ccc1Br)C1CN(C)CCN1C. The molecule has 1 aromatic rings. The van der Waals surface area contributed by atoms with E-state index in [9.17, 15) is 4.39 Å². The number of halogens is 2. The summed E-state index contributed by atoms with van der Waals surface area (Å²) >= 11 is 3.54. The molecule has 2 unspecified atom stereocenters. The molecule has 0 radical (unpaired) electrons. The van der Waals surface area contributed by atoms with Crippen LogP contribution in [0.15, 0.2) is 22.7 Å². The molecule has 1 fully saturated rings. The van der Waals surface area contributed by atoms with Gasteiger partial charge in [-0.15, -0.1) is 0 Å². The maximum Gasteiger partial charge on any atom is 0.123 e. The fraction of sp³-hybridized carbons (Fsp3) is 0.625. The first-order valence-corrected chi connectivity index (χ1v) is 8.36. The number of benzene rings is 1. The maximum atomic E-state index is 13.5. The molecule has 3 nitrogen and oxygen atoms in total. The molecule has 0 spiro atoms. The van der Waals surface area contributed by atoms with E-state index in [4.69, 9.17) is 0 Å². The van der Waals surface area contributed by atoms with Gasteiger partial charge in [0, 0.05) is 36.2 Å². The highest BCUT2D eigenvalue weighted by Gasteiger charge is 2.29. The van der Waals surface area contributed by atoms with E-state index in [1.807, 2.05) is 0 Å². The summed E-state index contributed by atoms with van der Waals surface area (Å²) < 4.78 is 14.5. The number of nitrogens with one attached hydrogen (secondary N) is 1. The van der Waals surface area contributed by atoms with Crippen molar-refractivity contribution in [2.24, 2.45) is 0 Å². The Morgan fingerprint density at radius 3 is 2.86 bits per heavy atom. The summed E-state index contributed by atoms with van der Waals surface area (Å²) in [5.74, 6) is -0.169. The van der Waals surface area contributed by atoms with E-state index in [-0.39, 0.29) is 5.82 Å². The van der Waals surface area contributed by atoms with Crippen LogP contribution in [0.25, 0.3) is 0 Å². The van der Waals surface area contributed by atoms with E-state index in [0.717, 1.165) is 42.6 Å². The minimum absolute atomic E-state index is 0.169. The molecular formula is C16H25BrFN3. The average Bonchev–Trinajstić information content (AvgIpc) is 2.45. The Morgan fingerprint density at radius 1 is 1.38 bits per heavy atom. The smallest absolute Gasteiger partial charge is 0.123 e. The van der Waals surface area contributed by atoms with Gasteiger partial charge in [0.15, 0.2) is 0 Å². The zero-order valence-corrected chi connectivity index (χ0v) is 14.7. The van der Waals surface area contributed by atoms with Gasteiger partial charge in [-0.05, 0) is 50.8 Å². The molecule has 1 saturated heterocycles. The molecule has 1 aromatic carbocycles. The molecule has 2 atom stereocenters. The first kappa shape index (κ1) is 16.9. The first-order valence-electron chi connectivity index (χ1n) is 7.57. The second-order valence-corrected chi connectivity index (χ2v) is 6.77. The molecule has 0 aliphatic carbocycles. The van der Waals surface area contributed by atoms with Crippen LogP contribution in [0, 0.1) is 5.82 Å². The van der Waals surface area contributed by atoms with Crippen LogP contribution in [0.4, 0.5) is 4.39 Å². The number of piperazine rings is 1. The number of hydrogen-bond acceptors (Lipinski definition) is 3. The standard InChI is InChI=1S/C16H25BrFN3/c1-4-19-15(16-11-20(2)7-8-21(16)3)10-12-9-13(18)5-6-14(12)17/h5-6,9,15-16,19H,4,7-8,10-11H2,1-3H3. The Bertz CT molecular complexity index is 469. The van der Waals surface area contributed by atoms with Gasteiger partial charge in [-0.1, -0.05) is 22.9 Å². The summed E-state index contributed by atoms with van der Waals surface area (Å²) in [6.07, 6.45) is 0.828. The number of rotatable bonds is 5. The summed E-state index contributed by atoms with van der Waals surface area (Å²) in [4.78, 5) is 4.79. The lowest BCUT2D eigenvalue weighted by Gasteiger charge is -2.42. The molecule has 1 heterocycles. The summed E-state index contributed by atoms with van der Waals surface area (Å²) in [5.41, 5.74) is 1.03. The van der Waals surface area contributed by atoms with Crippen molar-refractivity contribution in [2.45, 2.75) is 25.4 Å². The molecule has 0 aromatic heterocycles. The fourth-order valence-corrected chi connectivity index (χ4v) is 3.43. The van der Waals surface area contributed by atoms with Gasteiger partial charge in [-0.2, -0.15) is 0 Å². The predicted octanol–water partition coefficient (Wildman–Crippen LogP) is 2.35. The lowest BCUT2D eigenvalue weighted by molar-refractivity contribution is 0.0880. The number of nitrogens with zero attached hydrogens (tertiary/aromatic N) is 2. The average molecular weight is 358 g/mol. The zero-order valence-electron chi connectivity index (χ0n) is 13.1. The molecule has 1 aliphatic rings. The van der Waals surface area contributed by atoms with Crippen LogP contribution in [-0.4, -0.2) is 62.2 Å². The highest BCUT2D eigenvalue weighted by Crippen LogP contribution is 2.22. The van der Waals surface area contributed by atoms with Crippen molar-refractivity contribution in [3.05, 3.63) is 34.1 Å². The van der Waals surface area contributed by atoms with Crippen molar-refractivity contribution in [1.29, 1.82) is 0 Å². The van der Waals surface area contributed by atoms with Gasteiger partial charge >= 0.3 is 0 Å². The minimum atomic E-state index is -0.169. The van der Waals surface area contributed by atoms with Crippen molar-refractivity contribution < 1.29 is 4.39 Å². The quantitative estimate of drug-likeness (QED) is 0.872. The summed E-state index contributed by atoms with van der Waals surface area (Å²) in [6.45, 7) is 6.27. The Labute approximate surface area is 135 Å². The topological polar surface area (TPSA) is 18.5 Å². The molecule has 0 saturated carbocycles. The van der Waals surface area contributed by atoms with Crippen LogP contribution in [0.1, 0.15) is 12.5 Å². The van der Waals surface area contributed by atoms with Gasteiger partial charge in [-0.3, -0.25) is 4.90 Å². The van der Waals surface area contributed by atoms with E-state index in [1.165, 1.54) is 6.07 Å². The van der Waals surface area contributed by atoms with Crippen molar-refractivity contribution in [2.75, 3.05) is 40.3 Å². The van der Waals surface area contributed by atoms with Crippen molar-refractivity contribution >= 4 is 15.9 Å². The van der Waals surface area contributed by atoms with Crippen molar-refractivity contribution in [3.8, 4) is 0 Å². The van der Waals surface area contributed by atoms with Gasteiger partial charge in [0.2, 0.25) is 0 Å². The molecule has 0 amide bonds. The van der Waals surface area contributed by atoms with E-state index in [2.05, 4.69) is 52.1 Å². The van der Waals surface area contributed by atoms with E-state index < -0.39 is 0 Å². The third kappa shape index (κ3) is 4.49. The van der Waals surface area contributed by atoms with Gasteiger partial charge in [-0.25, -0.2) is 4.39 Å². The van der Waals surface area contributed by atoms with Crippen molar-refractivity contribution in [1.82, 2.24) is 15.1 Å². The molecule has 21 heavy (non-hydrogen) atoms. The third-order valence-electron chi connectivity index (χ3n) is 4.28. The van der Waals surface area contributed by atoms with Crippen LogP contribution in [0.5, 0.6) is 0 Å². The van der Waals surface area contributed by atoms with Crippen LogP contribution in [0.3, 0.4) is 0 Å². The van der Waals surface area contributed by atoms with Crippen molar-refractivity contribution in [3.63, 3.8) is 0 Å². The van der Waals surface area contributed by atoms with E-state index in [0.29, 0.717) is 12.1 Å². The predicted molar refractivity (Wildman–Crippen MR) is 89.2 cm³/mol. The number of likely N-dealkylation sites (N-methyl/N-ethyl adjacent to an activating group) is 3. The molecule has 2 rings (SSSR count). The Morgan fingerprint density at radius 2 is 2.14 bits per heavy atom. The summed E-state index contributed by atoms with van der Waals surface area (Å²) in [7, 11) is 4.35. The van der Waals surface area contributed by atoms with Crippen LogP contribution in [0.2, 0.25) is 0 Å². The van der Waals surface area contributed by atoms with E-state index >= 15 is 0 Å². The highest BCUT2D eigenvalue weighted by atomic mass is 79.9. The Balaban J connectivity index is 2.16. The van der Waals surface area contributed by atoms with Gasteiger partial charge in [0.1, 0.15) is 5.82 Å². The summed E-state index contributed by atoms with van der Waals surface area (Å²) in [5, 5.41) is 3.59. The largest absolute Gasteiger partial charge is 0.312 e. The lowest BCUT2D eigenvalue weighted by Crippen LogP contribution is -2.59. The second-order valence-electron chi connectivity index (χ2n) is 5.91. The normalized spacial score (nSPS) is 22.4. The minimum Gasteiger partial charge on any atom is -0.312 e. The third-order valence-corrected chi connectivity index (χ3v) is 5.05. The molecule has 1 N–H and O–H groups in total. The fourth-order valence-electron chi connectivity index (χ4n) is 3.02. The number of hydrogen-bond donors (Lipinski definition) is 1. The molecular weight excluding hydrogens is 333 g/mol. The first-order chi connectivity index (χ1) is 10.0. The summed E-state index contributed by atoms with van der Waals surface area (Å²) in [6, 6.07) is 5.70. The highest BCUT2D eigenvalue weighted by molar-refractivity contribution is 9.10. The van der Waals surface area contributed by atoms with Crippen LogP contribution < -0.4 is 5.32 Å². The zero-order chi connectivity index (χ0) is 15.4. The van der Waals surface area contributed by atoms with E-state index in [1.54, 1.807) is 12.1 Å². The van der Waals surface area contributed by atoms with Gasteiger partial charge in [0.25, 0.3) is 0 Å². The van der Waals surface area contributed by atoms with Gasteiger partial charge in [0.05, 0.1) is 0 Å². The molecule has 1 aliphatic heterocycles.